The number of nitrogens with zero attached hydrogens (tertiary/aromatic N) is 1. The van der Waals surface area contributed by atoms with E-state index in [-0.39, 0.29) is 0 Å². The lowest BCUT2D eigenvalue weighted by Gasteiger charge is -2.40. The summed E-state index contributed by atoms with van der Waals surface area (Å²) in [6.45, 7) is 1.82. The molecule has 1 aliphatic heterocycles. The van der Waals surface area contributed by atoms with Crippen molar-refractivity contribution in [3.8, 4) is 6.07 Å². The van der Waals surface area contributed by atoms with E-state index >= 15 is 0 Å². The maximum atomic E-state index is 8.54. The predicted octanol–water partition coefficient (Wildman–Crippen LogP) is 1.33. The molecule has 1 saturated carbocycles. The van der Waals surface area contributed by atoms with Crippen molar-refractivity contribution in [2.45, 2.75) is 19.3 Å². The monoisotopic (exact) mass is 137 g/mol. The highest BCUT2D eigenvalue weighted by molar-refractivity contribution is 5.03. The molecule has 0 unspecified atom stereocenters. The van der Waals surface area contributed by atoms with Crippen LogP contribution in [-0.4, -0.2) is 13.2 Å². The third-order valence-electron chi connectivity index (χ3n) is 2.73. The normalized spacial score (nSPS) is 44.9. The van der Waals surface area contributed by atoms with Crippen LogP contribution in [0.25, 0.3) is 0 Å². The van der Waals surface area contributed by atoms with Crippen molar-refractivity contribution in [3.63, 3.8) is 0 Å². The topological polar surface area (TPSA) is 33.0 Å². The van der Waals surface area contributed by atoms with Crippen molar-refractivity contribution in [1.82, 2.24) is 0 Å². The van der Waals surface area contributed by atoms with Gasteiger partial charge in [-0.1, -0.05) is 0 Å². The highest BCUT2D eigenvalue weighted by Crippen LogP contribution is 2.50. The minimum absolute atomic E-state index is 0.335. The van der Waals surface area contributed by atoms with Gasteiger partial charge in [-0.05, 0) is 24.7 Å². The molecule has 1 heterocycles. The van der Waals surface area contributed by atoms with Gasteiger partial charge in [-0.3, -0.25) is 0 Å². The SMILES string of the molecule is N#CC1CC2(CCOC2)C1. The fourth-order valence-corrected chi connectivity index (χ4v) is 2.05. The van der Waals surface area contributed by atoms with Crippen molar-refractivity contribution in [2.24, 2.45) is 11.3 Å². The summed E-state index contributed by atoms with van der Waals surface area (Å²) in [6, 6.07) is 2.30. The second-order valence-corrected chi connectivity index (χ2v) is 3.54. The van der Waals surface area contributed by atoms with Gasteiger partial charge in [0.15, 0.2) is 0 Å². The van der Waals surface area contributed by atoms with Gasteiger partial charge >= 0.3 is 0 Å². The fraction of sp³-hybridized carbons (Fsp3) is 0.875. The average molecular weight is 137 g/mol. The first kappa shape index (κ1) is 6.18. The van der Waals surface area contributed by atoms with E-state index in [1.54, 1.807) is 0 Å². The maximum absolute atomic E-state index is 8.54. The van der Waals surface area contributed by atoms with Crippen molar-refractivity contribution < 1.29 is 4.74 Å². The maximum Gasteiger partial charge on any atom is 0.0656 e. The number of hydrogen-bond donors (Lipinski definition) is 0. The molecule has 0 N–H and O–H groups in total. The summed E-state index contributed by atoms with van der Waals surface area (Å²) < 4.78 is 5.29. The van der Waals surface area contributed by atoms with Crippen LogP contribution in [0.15, 0.2) is 0 Å². The molecule has 0 aromatic carbocycles. The van der Waals surface area contributed by atoms with E-state index in [1.807, 2.05) is 0 Å². The average Bonchev–Trinajstić information content (AvgIpc) is 2.30. The fourth-order valence-electron chi connectivity index (χ4n) is 2.05. The van der Waals surface area contributed by atoms with E-state index in [4.69, 9.17) is 10.00 Å². The van der Waals surface area contributed by atoms with Crippen LogP contribution in [0, 0.1) is 22.7 Å². The first-order valence-corrected chi connectivity index (χ1v) is 3.82. The number of ether oxygens (including phenoxy) is 1. The summed E-state index contributed by atoms with van der Waals surface area (Å²) >= 11 is 0. The quantitative estimate of drug-likeness (QED) is 0.504. The Morgan fingerprint density at radius 1 is 1.50 bits per heavy atom. The molecule has 0 aromatic heterocycles. The van der Waals surface area contributed by atoms with Crippen LogP contribution >= 0.6 is 0 Å². The van der Waals surface area contributed by atoms with Crippen LogP contribution in [0.4, 0.5) is 0 Å². The van der Waals surface area contributed by atoms with E-state index in [0.717, 1.165) is 26.1 Å². The molecule has 0 aromatic rings. The van der Waals surface area contributed by atoms with E-state index in [0.29, 0.717) is 11.3 Å². The first-order valence-electron chi connectivity index (χ1n) is 3.82. The Labute approximate surface area is 60.8 Å². The summed E-state index contributed by atoms with van der Waals surface area (Å²) in [4.78, 5) is 0. The van der Waals surface area contributed by atoms with Gasteiger partial charge in [0.2, 0.25) is 0 Å². The number of nitriles is 1. The smallest absolute Gasteiger partial charge is 0.0656 e. The molecular formula is C8H11NO. The molecule has 0 amide bonds. The van der Waals surface area contributed by atoms with Crippen LogP contribution < -0.4 is 0 Å². The van der Waals surface area contributed by atoms with Crippen molar-refractivity contribution in [3.05, 3.63) is 0 Å². The van der Waals surface area contributed by atoms with Gasteiger partial charge in [-0.2, -0.15) is 5.26 Å². The lowest BCUT2D eigenvalue weighted by atomic mass is 9.62. The van der Waals surface area contributed by atoms with Gasteiger partial charge in [0.1, 0.15) is 0 Å². The molecule has 2 nitrogen and oxygen atoms in total. The lowest BCUT2D eigenvalue weighted by molar-refractivity contribution is 0.0625. The number of rotatable bonds is 0. The second-order valence-electron chi connectivity index (χ2n) is 3.54. The highest BCUT2D eigenvalue weighted by atomic mass is 16.5. The molecule has 10 heavy (non-hydrogen) atoms. The van der Waals surface area contributed by atoms with E-state index in [2.05, 4.69) is 6.07 Å². The third kappa shape index (κ3) is 0.741. The molecule has 2 rings (SSSR count). The van der Waals surface area contributed by atoms with Crippen molar-refractivity contribution in [2.75, 3.05) is 13.2 Å². The van der Waals surface area contributed by atoms with E-state index in [1.165, 1.54) is 6.42 Å². The third-order valence-corrected chi connectivity index (χ3v) is 2.73. The van der Waals surface area contributed by atoms with E-state index < -0.39 is 0 Å². The van der Waals surface area contributed by atoms with Crippen molar-refractivity contribution in [1.29, 1.82) is 5.26 Å². The summed E-state index contributed by atoms with van der Waals surface area (Å²) in [6.07, 6.45) is 3.36. The zero-order valence-corrected chi connectivity index (χ0v) is 5.97. The summed E-state index contributed by atoms with van der Waals surface area (Å²) in [5.41, 5.74) is 0.445. The standard InChI is InChI=1S/C8H11NO/c9-5-7-3-8(4-7)1-2-10-6-8/h7H,1-4,6H2. The van der Waals surface area contributed by atoms with Crippen LogP contribution in [0.1, 0.15) is 19.3 Å². The van der Waals surface area contributed by atoms with Gasteiger partial charge in [0.05, 0.1) is 12.7 Å². The van der Waals surface area contributed by atoms with E-state index in [9.17, 15) is 0 Å². The van der Waals surface area contributed by atoms with Gasteiger partial charge in [-0.15, -0.1) is 0 Å². The Morgan fingerprint density at radius 2 is 2.30 bits per heavy atom. The molecule has 1 saturated heterocycles. The molecule has 1 spiro atoms. The molecule has 2 aliphatic rings. The Hall–Kier alpha value is -0.550. The molecule has 0 atom stereocenters. The van der Waals surface area contributed by atoms with Gasteiger partial charge in [0.25, 0.3) is 0 Å². The molecular weight excluding hydrogens is 126 g/mol. The Kier molecular flexibility index (Phi) is 1.21. The van der Waals surface area contributed by atoms with Crippen LogP contribution in [-0.2, 0) is 4.74 Å². The molecule has 2 heteroatoms. The molecule has 1 aliphatic carbocycles. The Balaban J connectivity index is 1.94. The lowest BCUT2D eigenvalue weighted by Crippen LogP contribution is -2.36. The molecule has 54 valence electrons. The van der Waals surface area contributed by atoms with Gasteiger partial charge in [0, 0.05) is 12.5 Å². The molecule has 0 bridgehead atoms. The summed E-state index contributed by atoms with van der Waals surface area (Å²) in [5, 5.41) is 8.54. The zero-order chi connectivity index (χ0) is 7.03. The minimum Gasteiger partial charge on any atom is -0.381 e. The number of hydrogen-bond acceptors (Lipinski definition) is 2. The first-order chi connectivity index (χ1) is 4.85. The Morgan fingerprint density at radius 3 is 2.80 bits per heavy atom. The van der Waals surface area contributed by atoms with Crippen molar-refractivity contribution >= 4 is 0 Å². The molecule has 0 radical (unpaired) electrons. The largest absolute Gasteiger partial charge is 0.381 e. The molecule has 2 fully saturated rings. The van der Waals surface area contributed by atoms with Gasteiger partial charge < -0.3 is 4.74 Å². The Bertz CT molecular complexity index is 168. The van der Waals surface area contributed by atoms with Crippen LogP contribution in [0.3, 0.4) is 0 Å². The predicted molar refractivity (Wildman–Crippen MR) is 36.2 cm³/mol. The zero-order valence-electron chi connectivity index (χ0n) is 5.97. The minimum atomic E-state index is 0.335. The van der Waals surface area contributed by atoms with Crippen LogP contribution in [0.5, 0.6) is 0 Å². The highest BCUT2D eigenvalue weighted by Gasteiger charge is 2.46. The summed E-state index contributed by atoms with van der Waals surface area (Å²) in [5.74, 6) is 0.335. The summed E-state index contributed by atoms with van der Waals surface area (Å²) in [7, 11) is 0. The second kappa shape index (κ2) is 1.96. The van der Waals surface area contributed by atoms with Crippen LogP contribution in [0.2, 0.25) is 0 Å². The van der Waals surface area contributed by atoms with Gasteiger partial charge in [-0.25, -0.2) is 0 Å².